The Hall–Kier alpha value is -1.05. The summed E-state index contributed by atoms with van der Waals surface area (Å²) in [6.45, 7) is 8.67. The molecule has 1 aromatic heterocycles. The van der Waals surface area contributed by atoms with Gasteiger partial charge in [0.15, 0.2) is 5.96 Å². The summed E-state index contributed by atoms with van der Waals surface area (Å²) >= 11 is 0. The average Bonchev–Trinajstić information content (AvgIpc) is 2.42. The molecule has 0 saturated carbocycles. The van der Waals surface area contributed by atoms with Gasteiger partial charge < -0.3 is 15.4 Å². The fourth-order valence-corrected chi connectivity index (χ4v) is 1.54. The molecule has 20 heavy (non-hydrogen) atoms. The third-order valence-corrected chi connectivity index (χ3v) is 2.47. The smallest absolute Gasteiger partial charge is 0.218 e. The van der Waals surface area contributed by atoms with Crippen LogP contribution in [-0.2, 0) is 6.54 Å². The van der Waals surface area contributed by atoms with Crippen molar-refractivity contribution in [2.75, 3.05) is 20.2 Å². The zero-order valence-electron chi connectivity index (χ0n) is 12.6. The van der Waals surface area contributed by atoms with Crippen molar-refractivity contribution in [2.24, 2.45) is 10.9 Å². The van der Waals surface area contributed by atoms with Gasteiger partial charge in [-0.1, -0.05) is 19.9 Å². The minimum Gasteiger partial charge on any atom is -0.481 e. The quantitative estimate of drug-likeness (QED) is 0.444. The SMILES string of the molecule is CCNC(=NCc1cccnc1OC)NCC(C)C.I. The van der Waals surface area contributed by atoms with E-state index in [2.05, 4.69) is 41.4 Å². The fraction of sp³-hybridized carbons (Fsp3) is 0.571. The maximum absolute atomic E-state index is 5.21. The number of nitrogens with one attached hydrogen (secondary N) is 2. The van der Waals surface area contributed by atoms with E-state index < -0.39 is 0 Å². The van der Waals surface area contributed by atoms with Crippen LogP contribution in [0.15, 0.2) is 23.3 Å². The molecule has 0 aliphatic rings. The number of guanidine groups is 1. The van der Waals surface area contributed by atoms with Gasteiger partial charge >= 0.3 is 0 Å². The van der Waals surface area contributed by atoms with Gasteiger partial charge in [-0.25, -0.2) is 9.98 Å². The van der Waals surface area contributed by atoms with Gasteiger partial charge in [0.25, 0.3) is 0 Å². The first kappa shape index (κ1) is 18.9. The monoisotopic (exact) mass is 392 g/mol. The molecule has 0 spiro atoms. The molecule has 0 amide bonds. The van der Waals surface area contributed by atoms with Gasteiger partial charge in [-0.2, -0.15) is 0 Å². The highest BCUT2D eigenvalue weighted by Gasteiger charge is 2.03. The molecule has 1 aromatic rings. The van der Waals surface area contributed by atoms with E-state index in [1.165, 1.54) is 0 Å². The van der Waals surface area contributed by atoms with E-state index in [0.29, 0.717) is 18.3 Å². The third-order valence-electron chi connectivity index (χ3n) is 2.47. The maximum Gasteiger partial charge on any atom is 0.218 e. The van der Waals surface area contributed by atoms with Crippen LogP contribution < -0.4 is 15.4 Å². The lowest BCUT2D eigenvalue weighted by Gasteiger charge is -2.13. The van der Waals surface area contributed by atoms with E-state index in [9.17, 15) is 0 Å². The summed E-state index contributed by atoms with van der Waals surface area (Å²) in [5.41, 5.74) is 0.978. The number of ether oxygens (including phenoxy) is 1. The predicted octanol–water partition coefficient (Wildman–Crippen LogP) is 2.42. The van der Waals surface area contributed by atoms with E-state index >= 15 is 0 Å². The Morgan fingerprint density at radius 2 is 2.15 bits per heavy atom. The number of aliphatic imine (C=N–C) groups is 1. The Bertz CT molecular complexity index is 410. The second-order valence-corrected chi connectivity index (χ2v) is 4.64. The molecule has 1 heterocycles. The molecule has 0 aromatic carbocycles. The van der Waals surface area contributed by atoms with Crippen LogP contribution in [0.1, 0.15) is 26.3 Å². The molecule has 0 radical (unpaired) electrons. The van der Waals surface area contributed by atoms with Crippen LogP contribution in [0.2, 0.25) is 0 Å². The lowest BCUT2D eigenvalue weighted by atomic mass is 10.2. The molecule has 0 atom stereocenters. The second kappa shape index (κ2) is 10.7. The van der Waals surface area contributed by atoms with Gasteiger partial charge in [-0.15, -0.1) is 24.0 Å². The second-order valence-electron chi connectivity index (χ2n) is 4.64. The lowest BCUT2D eigenvalue weighted by molar-refractivity contribution is 0.392. The predicted molar refractivity (Wildman–Crippen MR) is 93.9 cm³/mol. The standard InChI is InChI=1S/C14H24N4O.HI/c1-5-15-14(17-9-11(2)3)18-10-12-7-6-8-16-13(12)19-4;/h6-8,11H,5,9-10H2,1-4H3,(H2,15,17,18);1H. The molecule has 0 aliphatic heterocycles. The number of nitrogens with zero attached hydrogens (tertiary/aromatic N) is 2. The van der Waals surface area contributed by atoms with Crippen LogP contribution in [0.3, 0.4) is 0 Å². The number of hydrogen-bond donors (Lipinski definition) is 2. The molecule has 0 fully saturated rings. The Morgan fingerprint density at radius 1 is 1.40 bits per heavy atom. The van der Waals surface area contributed by atoms with Crippen LogP contribution in [-0.4, -0.2) is 31.1 Å². The molecule has 6 heteroatoms. The summed E-state index contributed by atoms with van der Waals surface area (Å²) in [6, 6.07) is 3.86. The summed E-state index contributed by atoms with van der Waals surface area (Å²) in [7, 11) is 1.62. The van der Waals surface area contributed by atoms with Gasteiger partial charge in [0.05, 0.1) is 13.7 Å². The van der Waals surface area contributed by atoms with Crippen molar-refractivity contribution in [3.05, 3.63) is 23.9 Å². The molecule has 0 saturated heterocycles. The molecular formula is C14H25IN4O. The van der Waals surface area contributed by atoms with Gasteiger partial charge in [0.2, 0.25) is 5.88 Å². The van der Waals surface area contributed by atoms with E-state index in [-0.39, 0.29) is 24.0 Å². The number of methoxy groups -OCH3 is 1. The van der Waals surface area contributed by atoms with E-state index in [0.717, 1.165) is 24.6 Å². The number of rotatable bonds is 6. The van der Waals surface area contributed by atoms with Gasteiger partial charge in [0.1, 0.15) is 0 Å². The molecule has 0 unspecified atom stereocenters. The van der Waals surface area contributed by atoms with Crippen molar-refractivity contribution in [3.8, 4) is 5.88 Å². The molecule has 2 N–H and O–H groups in total. The molecule has 1 rings (SSSR count). The van der Waals surface area contributed by atoms with Gasteiger partial charge in [0, 0.05) is 24.8 Å². The minimum atomic E-state index is 0. The number of hydrogen-bond acceptors (Lipinski definition) is 3. The van der Waals surface area contributed by atoms with Crippen molar-refractivity contribution < 1.29 is 4.74 Å². The summed E-state index contributed by atoms with van der Waals surface area (Å²) in [5.74, 6) is 2.03. The van der Waals surface area contributed by atoms with Crippen molar-refractivity contribution >= 4 is 29.9 Å². The molecule has 0 bridgehead atoms. The Balaban J connectivity index is 0.00000361. The average molecular weight is 392 g/mol. The zero-order valence-corrected chi connectivity index (χ0v) is 15.0. The van der Waals surface area contributed by atoms with Crippen LogP contribution >= 0.6 is 24.0 Å². The molecule has 114 valence electrons. The number of pyridine rings is 1. The highest BCUT2D eigenvalue weighted by Crippen LogP contribution is 2.14. The Morgan fingerprint density at radius 3 is 2.75 bits per heavy atom. The first-order valence-corrected chi connectivity index (χ1v) is 6.67. The summed E-state index contributed by atoms with van der Waals surface area (Å²) < 4.78 is 5.21. The molecule has 0 aliphatic carbocycles. The van der Waals surface area contributed by atoms with E-state index in [1.807, 2.05) is 12.1 Å². The van der Waals surface area contributed by atoms with Crippen molar-refractivity contribution in [3.63, 3.8) is 0 Å². The zero-order chi connectivity index (χ0) is 14.1. The Labute approximate surface area is 138 Å². The topological polar surface area (TPSA) is 58.5 Å². The van der Waals surface area contributed by atoms with Crippen LogP contribution in [0, 0.1) is 5.92 Å². The lowest BCUT2D eigenvalue weighted by Crippen LogP contribution is -2.39. The fourth-order valence-electron chi connectivity index (χ4n) is 1.54. The van der Waals surface area contributed by atoms with Crippen molar-refractivity contribution in [1.82, 2.24) is 15.6 Å². The third kappa shape index (κ3) is 6.93. The first-order valence-electron chi connectivity index (χ1n) is 6.67. The van der Waals surface area contributed by atoms with Gasteiger partial charge in [-0.05, 0) is 18.9 Å². The first-order chi connectivity index (χ1) is 9.17. The van der Waals surface area contributed by atoms with Crippen molar-refractivity contribution in [2.45, 2.75) is 27.3 Å². The normalized spacial score (nSPS) is 10.9. The van der Waals surface area contributed by atoms with Crippen molar-refractivity contribution in [1.29, 1.82) is 0 Å². The Kier molecular flexibility index (Phi) is 10.1. The highest BCUT2D eigenvalue weighted by molar-refractivity contribution is 14.0. The number of halogens is 1. The largest absolute Gasteiger partial charge is 0.481 e. The van der Waals surface area contributed by atoms with Crippen LogP contribution in [0.4, 0.5) is 0 Å². The van der Waals surface area contributed by atoms with Gasteiger partial charge in [-0.3, -0.25) is 0 Å². The number of aromatic nitrogens is 1. The van der Waals surface area contributed by atoms with Crippen LogP contribution in [0.5, 0.6) is 5.88 Å². The highest BCUT2D eigenvalue weighted by atomic mass is 127. The summed E-state index contributed by atoms with van der Waals surface area (Å²) in [6.07, 6.45) is 1.72. The van der Waals surface area contributed by atoms with Crippen LogP contribution in [0.25, 0.3) is 0 Å². The van der Waals surface area contributed by atoms with E-state index in [4.69, 9.17) is 4.74 Å². The maximum atomic E-state index is 5.21. The minimum absolute atomic E-state index is 0. The molecule has 5 nitrogen and oxygen atoms in total. The summed E-state index contributed by atoms with van der Waals surface area (Å²) in [5, 5.41) is 6.53. The van der Waals surface area contributed by atoms with E-state index in [1.54, 1.807) is 13.3 Å². The summed E-state index contributed by atoms with van der Waals surface area (Å²) in [4.78, 5) is 8.70. The molecular weight excluding hydrogens is 367 g/mol.